The molecule has 1 unspecified atom stereocenters. The van der Waals surface area contributed by atoms with Crippen molar-refractivity contribution in [3.05, 3.63) is 103 Å². The molecule has 1 aromatic heterocycles. The highest BCUT2D eigenvalue weighted by Crippen LogP contribution is 2.40. The lowest BCUT2D eigenvalue weighted by molar-refractivity contribution is 0.102. The largest absolute Gasteiger partial charge is 0.320 e. The second kappa shape index (κ2) is 8.29. The highest BCUT2D eigenvalue weighted by molar-refractivity contribution is 7.46. The van der Waals surface area contributed by atoms with Gasteiger partial charge in [0.2, 0.25) is 0 Å². The molecule has 1 atom stereocenters. The highest BCUT2D eigenvalue weighted by atomic mass is 31.1. The van der Waals surface area contributed by atoms with E-state index in [0.717, 1.165) is 22.0 Å². The third-order valence-electron chi connectivity index (χ3n) is 5.52. The first-order valence-electron chi connectivity index (χ1n) is 10.2. The van der Waals surface area contributed by atoms with Crippen LogP contribution in [-0.2, 0) is 0 Å². The van der Waals surface area contributed by atoms with Crippen molar-refractivity contribution in [2.75, 3.05) is 12.0 Å². The lowest BCUT2D eigenvalue weighted by Crippen LogP contribution is -2.15. The number of aromatic nitrogens is 1. The molecule has 0 saturated carbocycles. The van der Waals surface area contributed by atoms with E-state index in [2.05, 4.69) is 77.6 Å². The van der Waals surface area contributed by atoms with Crippen molar-refractivity contribution in [3.8, 4) is 11.1 Å². The molecular formula is C27H21N2OP. The summed E-state index contributed by atoms with van der Waals surface area (Å²) in [5, 5.41) is 9.07. The Morgan fingerprint density at radius 1 is 0.742 bits per heavy atom. The maximum absolute atomic E-state index is 13.0. The summed E-state index contributed by atoms with van der Waals surface area (Å²) in [7, 11) is 0.629. The van der Waals surface area contributed by atoms with E-state index in [9.17, 15) is 4.79 Å². The van der Waals surface area contributed by atoms with Crippen LogP contribution >= 0.6 is 8.58 Å². The van der Waals surface area contributed by atoms with Gasteiger partial charge in [-0.25, -0.2) is 0 Å². The Bertz CT molecular complexity index is 1410. The molecule has 1 amide bonds. The third kappa shape index (κ3) is 3.58. The standard InChI is InChI=1S/C27H21N2OP/c1-31-24-16-14-19-9-3-5-11-21(19)26(24)25-20-10-4-2-8-18(20)13-15-22(25)29-27(30)23-12-6-7-17-28-23/h2-17,31H,1H3,(H,29,30). The Morgan fingerprint density at radius 3 is 2.06 bits per heavy atom. The summed E-state index contributed by atoms with van der Waals surface area (Å²) >= 11 is 0. The van der Waals surface area contributed by atoms with Crippen LogP contribution in [0.3, 0.4) is 0 Å². The van der Waals surface area contributed by atoms with E-state index in [1.165, 1.54) is 21.6 Å². The van der Waals surface area contributed by atoms with E-state index in [1.807, 2.05) is 24.3 Å². The number of rotatable bonds is 4. The molecule has 1 N–H and O–H groups in total. The number of benzene rings is 4. The van der Waals surface area contributed by atoms with Gasteiger partial charge in [0.05, 0.1) is 0 Å². The van der Waals surface area contributed by atoms with Crippen LogP contribution in [0.5, 0.6) is 0 Å². The summed E-state index contributed by atoms with van der Waals surface area (Å²) in [6.07, 6.45) is 1.64. The molecule has 3 nitrogen and oxygen atoms in total. The van der Waals surface area contributed by atoms with E-state index in [0.29, 0.717) is 14.3 Å². The van der Waals surface area contributed by atoms with Crippen molar-refractivity contribution in [1.29, 1.82) is 0 Å². The van der Waals surface area contributed by atoms with Crippen LogP contribution in [0.2, 0.25) is 0 Å². The summed E-state index contributed by atoms with van der Waals surface area (Å²) < 4.78 is 0. The van der Waals surface area contributed by atoms with Gasteiger partial charge in [0.15, 0.2) is 0 Å². The van der Waals surface area contributed by atoms with Crippen molar-refractivity contribution in [2.45, 2.75) is 0 Å². The lowest BCUT2D eigenvalue weighted by atomic mass is 9.92. The molecule has 0 bridgehead atoms. The molecule has 5 rings (SSSR count). The van der Waals surface area contributed by atoms with Crippen molar-refractivity contribution in [3.63, 3.8) is 0 Å². The minimum absolute atomic E-state index is 0.210. The van der Waals surface area contributed by atoms with Gasteiger partial charge in [0, 0.05) is 17.4 Å². The van der Waals surface area contributed by atoms with E-state index in [1.54, 1.807) is 12.3 Å². The number of nitrogens with zero attached hydrogens (tertiary/aromatic N) is 1. The van der Waals surface area contributed by atoms with Gasteiger partial charge < -0.3 is 5.32 Å². The maximum Gasteiger partial charge on any atom is 0.274 e. The molecule has 0 saturated heterocycles. The van der Waals surface area contributed by atoms with Crippen LogP contribution in [-0.4, -0.2) is 17.6 Å². The predicted octanol–water partition coefficient (Wildman–Crippen LogP) is 6.24. The number of pyridine rings is 1. The van der Waals surface area contributed by atoms with Crippen LogP contribution in [0.25, 0.3) is 32.7 Å². The Labute approximate surface area is 182 Å². The molecule has 0 spiro atoms. The molecule has 4 aromatic carbocycles. The summed E-state index contributed by atoms with van der Waals surface area (Å²) in [5.74, 6) is -0.210. The first kappa shape index (κ1) is 19.4. The molecule has 1 heterocycles. The van der Waals surface area contributed by atoms with Crippen LogP contribution in [0.15, 0.2) is 97.2 Å². The second-order valence-electron chi connectivity index (χ2n) is 7.34. The number of hydrogen-bond donors (Lipinski definition) is 1. The average Bonchev–Trinajstić information content (AvgIpc) is 2.84. The first-order valence-corrected chi connectivity index (χ1v) is 11.7. The molecule has 150 valence electrons. The van der Waals surface area contributed by atoms with E-state index in [4.69, 9.17) is 0 Å². The summed E-state index contributed by atoms with van der Waals surface area (Å²) in [6.45, 7) is 2.20. The zero-order valence-corrected chi connectivity index (χ0v) is 18.1. The number of anilines is 1. The quantitative estimate of drug-likeness (QED) is 0.350. The molecule has 31 heavy (non-hydrogen) atoms. The van der Waals surface area contributed by atoms with Gasteiger partial charge in [-0.2, -0.15) is 0 Å². The zero-order valence-electron chi connectivity index (χ0n) is 17.1. The zero-order chi connectivity index (χ0) is 21.2. The molecule has 0 radical (unpaired) electrons. The molecule has 4 heteroatoms. The monoisotopic (exact) mass is 420 g/mol. The van der Waals surface area contributed by atoms with Crippen molar-refractivity contribution < 1.29 is 4.79 Å². The summed E-state index contributed by atoms with van der Waals surface area (Å²) in [5.41, 5.74) is 3.44. The number of carbonyl (C=O) groups is 1. The SMILES string of the molecule is CPc1ccc2ccccc2c1-c1c(NC(=O)c2ccccn2)ccc2ccccc12. The predicted molar refractivity (Wildman–Crippen MR) is 133 cm³/mol. The summed E-state index contributed by atoms with van der Waals surface area (Å²) in [6, 6.07) is 30.6. The van der Waals surface area contributed by atoms with Crippen molar-refractivity contribution in [2.24, 2.45) is 0 Å². The van der Waals surface area contributed by atoms with Gasteiger partial charge in [-0.05, 0) is 57.3 Å². The second-order valence-corrected chi connectivity index (χ2v) is 8.38. The summed E-state index contributed by atoms with van der Waals surface area (Å²) in [4.78, 5) is 17.2. The number of carbonyl (C=O) groups excluding carboxylic acids is 1. The van der Waals surface area contributed by atoms with Gasteiger partial charge in [0.25, 0.3) is 5.91 Å². The Kier molecular flexibility index (Phi) is 5.19. The Morgan fingerprint density at radius 2 is 1.39 bits per heavy atom. The third-order valence-corrected chi connectivity index (χ3v) is 6.48. The smallest absolute Gasteiger partial charge is 0.274 e. The molecule has 0 aliphatic rings. The van der Waals surface area contributed by atoms with Gasteiger partial charge >= 0.3 is 0 Å². The molecule has 0 aliphatic heterocycles. The highest BCUT2D eigenvalue weighted by Gasteiger charge is 2.18. The van der Waals surface area contributed by atoms with E-state index < -0.39 is 0 Å². The van der Waals surface area contributed by atoms with Gasteiger partial charge in [0.1, 0.15) is 5.69 Å². The molecule has 0 fully saturated rings. The Hall–Kier alpha value is -3.55. The van der Waals surface area contributed by atoms with Crippen LogP contribution in [0.4, 0.5) is 5.69 Å². The normalized spacial score (nSPS) is 11.4. The van der Waals surface area contributed by atoms with Crippen molar-refractivity contribution in [1.82, 2.24) is 4.98 Å². The number of nitrogens with one attached hydrogen (secondary N) is 1. The number of hydrogen-bond acceptors (Lipinski definition) is 2. The fourth-order valence-corrected chi connectivity index (χ4v) is 4.84. The fraction of sp³-hybridized carbons (Fsp3) is 0.0370. The topological polar surface area (TPSA) is 42.0 Å². The van der Waals surface area contributed by atoms with Crippen molar-refractivity contribution >= 4 is 47.0 Å². The Balaban J connectivity index is 1.80. The van der Waals surface area contributed by atoms with Gasteiger partial charge in [-0.3, -0.25) is 9.78 Å². The van der Waals surface area contributed by atoms with Crippen LogP contribution in [0, 0.1) is 0 Å². The number of amides is 1. The van der Waals surface area contributed by atoms with E-state index in [-0.39, 0.29) is 5.91 Å². The number of fused-ring (bicyclic) bond motifs is 2. The van der Waals surface area contributed by atoms with Crippen LogP contribution in [0.1, 0.15) is 10.5 Å². The van der Waals surface area contributed by atoms with Gasteiger partial charge in [-0.15, -0.1) is 0 Å². The maximum atomic E-state index is 13.0. The molecule has 5 aromatic rings. The van der Waals surface area contributed by atoms with Crippen LogP contribution < -0.4 is 10.6 Å². The lowest BCUT2D eigenvalue weighted by Gasteiger charge is -2.19. The van der Waals surface area contributed by atoms with Gasteiger partial charge in [-0.1, -0.05) is 81.4 Å². The average molecular weight is 420 g/mol. The first-order chi connectivity index (χ1) is 15.3. The van der Waals surface area contributed by atoms with E-state index >= 15 is 0 Å². The fourth-order valence-electron chi connectivity index (χ4n) is 4.08. The molecule has 0 aliphatic carbocycles. The minimum atomic E-state index is -0.210. The molecular weight excluding hydrogens is 399 g/mol. The minimum Gasteiger partial charge on any atom is -0.320 e.